The van der Waals surface area contributed by atoms with Crippen LogP contribution >= 0.6 is 0 Å². The van der Waals surface area contributed by atoms with Crippen LogP contribution in [0.3, 0.4) is 0 Å². The number of aliphatic hydroxyl groups is 1. The minimum absolute atomic E-state index is 0.0408. The molecular formula is C12H15NO5S. The number of hydrogen-bond donors (Lipinski definition) is 2. The first-order valence-electron chi connectivity index (χ1n) is 5.93. The molecule has 1 atom stereocenters. The van der Waals surface area contributed by atoms with Crippen LogP contribution in [0.4, 0.5) is 0 Å². The van der Waals surface area contributed by atoms with E-state index in [1.54, 1.807) is 0 Å². The summed E-state index contributed by atoms with van der Waals surface area (Å²) >= 11 is 0. The Hall–Kier alpha value is -1.44. The van der Waals surface area contributed by atoms with Crippen LogP contribution in [0, 0.1) is 0 Å². The molecule has 19 heavy (non-hydrogen) atoms. The van der Waals surface area contributed by atoms with Crippen LogP contribution in [0.2, 0.25) is 0 Å². The number of aliphatic hydroxyl groups excluding tert-OH is 1. The van der Waals surface area contributed by atoms with E-state index >= 15 is 0 Å². The summed E-state index contributed by atoms with van der Waals surface area (Å²) in [4.78, 5) is 10.8. The van der Waals surface area contributed by atoms with Gasteiger partial charge in [-0.3, -0.25) is 0 Å². The van der Waals surface area contributed by atoms with Crippen LogP contribution < -0.4 is 0 Å². The Labute approximate surface area is 111 Å². The summed E-state index contributed by atoms with van der Waals surface area (Å²) < 4.78 is 26.0. The summed E-state index contributed by atoms with van der Waals surface area (Å²) in [5.74, 6) is -1.10. The molecule has 1 aromatic rings. The van der Waals surface area contributed by atoms with Gasteiger partial charge in [-0.05, 0) is 37.1 Å². The van der Waals surface area contributed by atoms with E-state index in [9.17, 15) is 18.3 Å². The zero-order valence-corrected chi connectivity index (χ0v) is 11.0. The molecule has 0 radical (unpaired) electrons. The van der Waals surface area contributed by atoms with E-state index in [2.05, 4.69) is 0 Å². The highest BCUT2D eigenvalue weighted by atomic mass is 32.2. The second kappa shape index (κ2) is 5.28. The molecule has 1 aliphatic rings. The molecule has 0 aliphatic carbocycles. The molecule has 2 rings (SSSR count). The van der Waals surface area contributed by atoms with Crippen LogP contribution in [0.1, 0.15) is 23.2 Å². The number of sulfonamides is 1. The average Bonchev–Trinajstić information content (AvgIpc) is 2.87. The maximum Gasteiger partial charge on any atom is 0.335 e. The minimum Gasteiger partial charge on any atom is -0.478 e. The first-order valence-corrected chi connectivity index (χ1v) is 7.37. The highest BCUT2D eigenvalue weighted by Gasteiger charge is 2.34. The molecule has 0 aromatic heterocycles. The van der Waals surface area contributed by atoms with Gasteiger partial charge in [-0.2, -0.15) is 4.31 Å². The number of carboxylic acids is 1. The van der Waals surface area contributed by atoms with Gasteiger partial charge in [0, 0.05) is 12.6 Å². The molecule has 0 unspecified atom stereocenters. The van der Waals surface area contributed by atoms with Gasteiger partial charge in [0.2, 0.25) is 10.0 Å². The summed E-state index contributed by atoms with van der Waals surface area (Å²) in [5, 5.41) is 18.0. The van der Waals surface area contributed by atoms with Crippen molar-refractivity contribution < 1.29 is 23.4 Å². The van der Waals surface area contributed by atoms with Crippen molar-refractivity contribution in [3.05, 3.63) is 29.8 Å². The fourth-order valence-corrected chi connectivity index (χ4v) is 3.90. The van der Waals surface area contributed by atoms with Crippen molar-refractivity contribution in [3.63, 3.8) is 0 Å². The smallest absolute Gasteiger partial charge is 0.335 e. The molecule has 0 amide bonds. The molecule has 1 aliphatic heterocycles. The second-order valence-electron chi connectivity index (χ2n) is 4.42. The lowest BCUT2D eigenvalue weighted by Gasteiger charge is -2.22. The van der Waals surface area contributed by atoms with E-state index in [-0.39, 0.29) is 23.1 Å². The summed E-state index contributed by atoms with van der Waals surface area (Å²) in [5.41, 5.74) is 0.0408. The first kappa shape index (κ1) is 14.0. The molecule has 1 fully saturated rings. The van der Waals surface area contributed by atoms with Crippen molar-refractivity contribution in [2.45, 2.75) is 23.8 Å². The van der Waals surface area contributed by atoms with Gasteiger partial charge < -0.3 is 10.2 Å². The quantitative estimate of drug-likeness (QED) is 0.841. The number of carboxylic acid groups (broad SMARTS) is 1. The molecule has 2 N–H and O–H groups in total. The third-order valence-corrected chi connectivity index (χ3v) is 5.21. The van der Waals surface area contributed by atoms with Gasteiger partial charge >= 0.3 is 5.97 Å². The molecule has 7 heteroatoms. The Morgan fingerprint density at radius 3 is 2.47 bits per heavy atom. The molecule has 1 saturated heterocycles. The standard InChI is InChI=1S/C12H15NO5S/c14-8-10-2-1-7-13(10)19(17,18)11-5-3-9(4-6-11)12(15)16/h3-6,10,14H,1-2,7-8H2,(H,15,16)/t10-/m1/s1. The predicted molar refractivity (Wildman–Crippen MR) is 67.4 cm³/mol. The van der Waals surface area contributed by atoms with Crippen LogP contribution in [0.5, 0.6) is 0 Å². The molecule has 1 heterocycles. The number of benzene rings is 1. The monoisotopic (exact) mass is 285 g/mol. The number of carbonyl (C=O) groups is 1. The van der Waals surface area contributed by atoms with Crippen molar-refractivity contribution in [2.24, 2.45) is 0 Å². The predicted octanol–water partition coefficient (Wildman–Crippen LogP) is 0.530. The van der Waals surface area contributed by atoms with E-state index in [0.29, 0.717) is 13.0 Å². The highest BCUT2D eigenvalue weighted by molar-refractivity contribution is 7.89. The van der Waals surface area contributed by atoms with Crippen LogP contribution in [-0.4, -0.2) is 48.1 Å². The molecule has 104 valence electrons. The van der Waals surface area contributed by atoms with Gasteiger partial charge in [-0.15, -0.1) is 0 Å². The maximum absolute atomic E-state index is 12.4. The largest absolute Gasteiger partial charge is 0.478 e. The lowest BCUT2D eigenvalue weighted by atomic mass is 10.2. The van der Waals surface area contributed by atoms with Crippen molar-refractivity contribution in [1.82, 2.24) is 4.31 Å². The number of aromatic carboxylic acids is 1. The Morgan fingerprint density at radius 1 is 1.32 bits per heavy atom. The van der Waals surface area contributed by atoms with Crippen LogP contribution in [0.25, 0.3) is 0 Å². The van der Waals surface area contributed by atoms with Crippen LogP contribution in [0.15, 0.2) is 29.2 Å². The maximum atomic E-state index is 12.4. The Bertz CT molecular complexity index is 566. The first-order chi connectivity index (χ1) is 8.96. The molecule has 0 bridgehead atoms. The van der Waals surface area contributed by atoms with E-state index in [1.807, 2.05) is 0 Å². The number of hydrogen-bond acceptors (Lipinski definition) is 4. The topological polar surface area (TPSA) is 94.9 Å². The van der Waals surface area contributed by atoms with Gasteiger partial charge in [0.05, 0.1) is 17.1 Å². The third-order valence-electron chi connectivity index (χ3n) is 3.24. The Morgan fingerprint density at radius 2 is 1.95 bits per heavy atom. The lowest BCUT2D eigenvalue weighted by molar-refractivity contribution is 0.0696. The Kier molecular flexibility index (Phi) is 3.88. The van der Waals surface area contributed by atoms with E-state index in [4.69, 9.17) is 5.11 Å². The minimum atomic E-state index is -3.66. The zero-order valence-electron chi connectivity index (χ0n) is 10.2. The van der Waals surface area contributed by atoms with E-state index in [1.165, 1.54) is 28.6 Å². The van der Waals surface area contributed by atoms with Crippen molar-refractivity contribution >= 4 is 16.0 Å². The summed E-state index contributed by atoms with van der Waals surface area (Å²) in [6.07, 6.45) is 1.36. The van der Waals surface area contributed by atoms with Gasteiger partial charge in [-0.25, -0.2) is 13.2 Å². The van der Waals surface area contributed by atoms with Crippen molar-refractivity contribution in [3.8, 4) is 0 Å². The van der Waals surface area contributed by atoms with Gasteiger partial charge in [-0.1, -0.05) is 0 Å². The number of rotatable bonds is 4. The normalized spacial score (nSPS) is 20.6. The highest BCUT2D eigenvalue weighted by Crippen LogP contribution is 2.25. The van der Waals surface area contributed by atoms with Crippen molar-refractivity contribution in [2.75, 3.05) is 13.2 Å². The fraction of sp³-hybridized carbons (Fsp3) is 0.417. The molecule has 1 aromatic carbocycles. The SMILES string of the molecule is O=C(O)c1ccc(S(=O)(=O)N2CCC[C@@H]2CO)cc1. The van der Waals surface area contributed by atoms with Crippen LogP contribution in [-0.2, 0) is 10.0 Å². The second-order valence-corrected chi connectivity index (χ2v) is 6.31. The van der Waals surface area contributed by atoms with Crippen molar-refractivity contribution in [1.29, 1.82) is 0 Å². The van der Waals surface area contributed by atoms with E-state index in [0.717, 1.165) is 6.42 Å². The lowest BCUT2D eigenvalue weighted by Crippen LogP contribution is -2.37. The fourth-order valence-electron chi connectivity index (χ4n) is 2.21. The van der Waals surface area contributed by atoms with Gasteiger partial charge in [0.15, 0.2) is 0 Å². The third kappa shape index (κ3) is 2.63. The molecule has 0 spiro atoms. The molecular weight excluding hydrogens is 270 g/mol. The van der Waals surface area contributed by atoms with Gasteiger partial charge in [0.1, 0.15) is 0 Å². The van der Waals surface area contributed by atoms with Gasteiger partial charge in [0.25, 0.3) is 0 Å². The van der Waals surface area contributed by atoms with E-state index < -0.39 is 16.0 Å². The number of nitrogens with zero attached hydrogens (tertiary/aromatic N) is 1. The average molecular weight is 285 g/mol. The molecule has 0 saturated carbocycles. The summed E-state index contributed by atoms with van der Waals surface area (Å²) in [7, 11) is -3.66. The molecule has 6 nitrogen and oxygen atoms in total. The summed E-state index contributed by atoms with van der Waals surface area (Å²) in [6, 6.07) is 4.71. The zero-order chi connectivity index (χ0) is 14.0. The summed E-state index contributed by atoms with van der Waals surface area (Å²) in [6.45, 7) is 0.181. The Balaban J connectivity index is 2.31.